The SMILES string of the molecule is CSC(C)C(=O)NC(Cc1nonc1C)C(=O)O. The molecule has 0 spiro atoms. The van der Waals surface area contributed by atoms with Crippen molar-refractivity contribution in [2.24, 2.45) is 0 Å². The van der Waals surface area contributed by atoms with Gasteiger partial charge in [0.2, 0.25) is 5.91 Å². The molecule has 8 heteroatoms. The van der Waals surface area contributed by atoms with Crippen molar-refractivity contribution in [1.29, 1.82) is 0 Å². The molecule has 0 aliphatic rings. The molecule has 1 heterocycles. The van der Waals surface area contributed by atoms with Gasteiger partial charge in [0.15, 0.2) is 0 Å². The number of aromatic nitrogens is 2. The summed E-state index contributed by atoms with van der Waals surface area (Å²) in [6.45, 7) is 3.37. The van der Waals surface area contributed by atoms with E-state index in [1.807, 2.05) is 0 Å². The zero-order chi connectivity index (χ0) is 13.7. The number of rotatable bonds is 6. The van der Waals surface area contributed by atoms with Gasteiger partial charge in [-0.1, -0.05) is 10.3 Å². The van der Waals surface area contributed by atoms with Gasteiger partial charge >= 0.3 is 5.97 Å². The van der Waals surface area contributed by atoms with Crippen molar-refractivity contribution in [2.75, 3.05) is 6.26 Å². The zero-order valence-electron chi connectivity index (χ0n) is 10.3. The van der Waals surface area contributed by atoms with Crippen molar-refractivity contribution in [3.63, 3.8) is 0 Å². The molecule has 7 nitrogen and oxygen atoms in total. The zero-order valence-corrected chi connectivity index (χ0v) is 11.2. The number of hydrogen-bond acceptors (Lipinski definition) is 6. The van der Waals surface area contributed by atoms with Gasteiger partial charge in [-0.2, -0.15) is 11.8 Å². The Morgan fingerprint density at radius 3 is 2.61 bits per heavy atom. The lowest BCUT2D eigenvalue weighted by Gasteiger charge is -2.15. The third-order valence-electron chi connectivity index (χ3n) is 2.48. The lowest BCUT2D eigenvalue weighted by atomic mass is 10.1. The first-order chi connectivity index (χ1) is 8.45. The van der Waals surface area contributed by atoms with E-state index in [1.165, 1.54) is 11.8 Å². The monoisotopic (exact) mass is 273 g/mol. The van der Waals surface area contributed by atoms with E-state index >= 15 is 0 Å². The molecule has 2 unspecified atom stereocenters. The van der Waals surface area contributed by atoms with E-state index in [9.17, 15) is 9.59 Å². The molecule has 2 N–H and O–H groups in total. The highest BCUT2D eigenvalue weighted by Gasteiger charge is 2.25. The van der Waals surface area contributed by atoms with Gasteiger partial charge in [0.1, 0.15) is 17.4 Å². The van der Waals surface area contributed by atoms with E-state index < -0.39 is 12.0 Å². The molecule has 0 fully saturated rings. The van der Waals surface area contributed by atoms with E-state index in [0.29, 0.717) is 11.4 Å². The van der Waals surface area contributed by atoms with Crippen molar-refractivity contribution in [3.8, 4) is 0 Å². The first kappa shape index (κ1) is 14.5. The van der Waals surface area contributed by atoms with E-state index in [4.69, 9.17) is 5.11 Å². The van der Waals surface area contributed by atoms with Crippen LogP contribution in [0.1, 0.15) is 18.3 Å². The number of carboxylic acid groups (broad SMARTS) is 1. The van der Waals surface area contributed by atoms with E-state index in [1.54, 1.807) is 20.1 Å². The van der Waals surface area contributed by atoms with Crippen LogP contribution in [0.15, 0.2) is 4.63 Å². The molecular weight excluding hydrogens is 258 g/mol. The van der Waals surface area contributed by atoms with Crippen molar-refractivity contribution < 1.29 is 19.3 Å². The Morgan fingerprint density at radius 1 is 1.50 bits per heavy atom. The summed E-state index contributed by atoms with van der Waals surface area (Å²) in [5, 5.41) is 18.4. The normalized spacial score (nSPS) is 13.9. The van der Waals surface area contributed by atoms with Crippen LogP contribution >= 0.6 is 11.8 Å². The molecule has 0 aliphatic carbocycles. The lowest BCUT2D eigenvalue weighted by Crippen LogP contribution is -2.45. The van der Waals surface area contributed by atoms with Gasteiger partial charge in [-0.15, -0.1) is 0 Å². The summed E-state index contributed by atoms with van der Waals surface area (Å²) in [6, 6.07) is -1.03. The first-order valence-corrected chi connectivity index (χ1v) is 6.58. The van der Waals surface area contributed by atoms with Crippen molar-refractivity contribution in [1.82, 2.24) is 15.6 Å². The number of aryl methyl sites for hydroxylation is 1. The Balaban J connectivity index is 2.70. The number of amides is 1. The van der Waals surface area contributed by atoms with Crippen LogP contribution in [0.3, 0.4) is 0 Å². The molecule has 1 rings (SSSR count). The highest BCUT2D eigenvalue weighted by molar-refractivity contribution is 7.99. The maximum atomic E-state index is 11.6. The largest absolute Gasteiger partial charge is 0.480 e. The topological polar surface area (TPSA) is 105 Å². The smallest absolute Gasteiger partial charge is 0.326 e. The molecule has 18 heavy (non-hydrogen) atoms. The summed E-state index contributed by atoms with van der Waals surface area (Å²) >= 11 is 1.35. The number of carbonyl (C=O) groups is 2. The fourth-order valence-corrected chi connectivity index (χ4v) is 1.51. The quantitative estimate of drug-likeness (QED) is 0.764. The third-order valence-corrected chi connectivity index (χ3v) is 3.40. The number of carbonyl (C=O) groups excluding carboxylic acids is 1. The van der Waals surface area contributed by atoms with Crippen LogP contribution in [0, 0.1) is 6.92 Å². The lowest BCUT2D eigenvalue weighted by molar-refractivity contribution is -0.141. The average Bonchev–Trinajstić information content (AvgIpc) is 2.72. The van der Waals surface area contributed by atoms with Gasteiger partial charge in [0.05, 0.1) is 5.25 Å². The van der Waals surface area contributed by atoms with E-state index in [0.717, 1.165) is 0 Å². The van der Waals surface area contributed by atoms with Gasteiger partial charge in [-0.3, -0.25) is 4.79 Å². The minimum absolute atomic E-state index is 0.0531. The van der Waals surface area contributed by atoms with Crippen LogP contribution in [0.4, 0.5) is 0 Å². The second-order valence-electron chi connectivity index (χ2n) is 3.78. The Labute approximate surface area is 108 Å². The Kier molecular flexibility index (Phi) is 5.14. The predicted molar refractivity (Wildman–Crippen MR) is 65.3 cm³/mol. The van der Waals surface area contributed by atoms with Gasteiger partial charge in [0, 0.05) is 6.42 Å². The molecule has 0 saturated carbocycles. The number of thioether (sulfide) groups is 1. The number of aliphatic carboxylic acids is 1. The van der Waals surface area contributed by atoms with Gasteiger partial charge in [-0.05, 0) is 20.1 Å². The summed E-state index contributed by atoms with van der Waals surface area (Å²) in [4.78, 5) is 22.7. The van der Waals surface area contributed by atoms with E-state index in [-0.39, 0.29) is 17.6 Å². The molecule has 1 amide bonds. The molecular formula is C10H15N3O4S. The second kappa shape index (κ2) is 6.39. The molecule has 1 aromatic rings. The Morgan fingerprint density at radius 2 is 2.17 bits per heavy atom. The summed E-state index contributed by atoms with van der Waals surface area (Å²) in [5.41, 5.74) is 0.952. The Hall–Kier alpha value is -1.57. The average molecular weight is 273 g/mol. The minimum Gasteiger partial charge on any atom is -0.480 e. The van der Waals surface area contributed by atoms with Crippen LogP contribution < -0.4 is 5.32 Å². The van der Waals surface area contributed by atoms with Crippen molar-refractivity contribution in [2.45, 2.75) is 31.6 Å². The molecule has 0 radical (unpaired) electrons. The Bertz CT molecular complexity index is 435. The molecule has 1 aromatic heterocycles. The van der Waals surface area contributed by atoms with Crippen LogP contribution in [-0.4, -0.2) is 44.8 Å². The third kappa shape index (κ3) is 3.73. The summed E-state index contributed by atoms with van der Waals surface area (Å²) in [5.74, 6) is -1.43. The molecule has 0 bridgehead atoms. The summed E-state index contributed by atoms with van der Waals surface area (Å²) in [7, 11) is 0. The molecule has 100 valence electrons. The van der Waals surface area contributed by atoms with Crippen molar-refractivity contribution in [3.05, 3.63) is 11.4 Å². The number of carboxylic acids is 1. The number of nitrogens with one attached hydrogen (secondary N) is 1. The van der Waals surface area contributed by atoms with Crippen LogP contribution in [-0.2, 0) is 16.0 Å². The van der Waals surface area contributed by atoms with Crippen molar-refractivity contribution >= 4 is 23.6 Å². The maximum absolute atomic E-state index is 11.6. The van der Waals surface area contributed by atoms with Crippen LogP contribution in [0.2, 0.25) is 0 Å². The predicted octanol–water partition coefficient (Wildman–Crippen LogP) is 0.241. The van der Waals surface area contributed by atoms with Crippen LogP contribution in [0.25, 0.3) is 0 Å². The molecule has 0 aromatic carbocycles. The van der Waals surface area contributed by atoms with Gasteiger partial charge in [0.25, 0.3) is 0 Å². The molecule has 2 atom stereocenters. The fourth-order valence-electron chi connectivity index (χ4n) is 1.22. The highest BCUT2D eigenvalue weighted by Crippen LogP contribution is 2.08. The maximum Gasteiger partial charge on any atom is 0.326 e. The fraction of sp³-hybridized carbons (Fsp3) is 0.600. The van der Waals surface area contributed by atoms with Gasteiger partial charge in [-0.25, -0.2) is 9.42 Å². The molecule has 0 aliphatic heterocycles. The summed E-state index contributed by atoms with van der Waals surface area (Å²) < 4.78 is 4.49. The number of nitrogens with zero attached hydrogens (tertiary/aromatic N) is 2. The highest BCUT2D eigenvalue weighted by atomic mass is 32.2. The molecule has 0 saturated heterocycles. The minimum atomic E-state index is -1.11. The van der Waals surface area contributed by atoms with Gasteiger partial charge < -0.3 is 10.4 Å². The number of hydrogen-bond donors (Lipinski definition) is 2. The second-order valence-corrected chi connectivity index (χ2v) is 4.96. The summed E-state index contributed by atoms with van der Waals surface area (Å²) in [6.07, 6.45) is 1.84. The first-order valence-electron chi connectivity index (χ1n) is 5.29. The van der Waals surface area contributed by atoms with E-state index in [2.05, 4.69) is 20.3 Å². The van der Waals surface area contributed by atoms with Crippen LogP contribution in [0.5, 0.6) is 0 Å². The standard InChI is InChI=1S/C10H15N3O4S/c1-5-7(13-17-12-5)4-8(10(15)16)11-9(14)6(2)18-3/h6,8H,4H2,1-3H3,(H,11,14)(H,15,16).